The van der Waals surface area contributed by atoms with Crippen LogP contribution in [0.4, 0.5) is 17.2 Å². The minimum absolute atomic E-state index is 0.0936. The van der Waals surface area contributed by atoms with E-state index in [0.29, 0.717) is 5.75 Å². The summed E-state index contributed by atoms with van der Waals surface area (Å²) in [6, 6.07) is 15.0. The van der Waals surface area contributed by atoms with E-state index in [1.165, 1.54) is 6.33 Å². The van der Waals surface area contributed by atoms with Gasteiger partial charge >= 0.3 is 11.6 Å². The minimum atomic E-state index is -0.535. The predicted octanol–water partition coefficient (Wildman–Crippen LogP) is 5.05. The fourth-order valence-electron chi connectivity index (χ4n) is 2.68. The second kappa shape index (κ2) is 8.27. The van der Waals surface area contributed by atoms with Crippen molar-refractivity contribution in [3.63, 3.8) is 0 Å². The van der Waals surface area contributed by atoms with Gasteiger partial charge in [0.1, 0.15) is 12.1 Å². The average Bonchev–Trinajstić information content (AvgIpc) is 2.69. The molecule has 0 saturated heterocycles. The van der Waals surface area contributed by atoms with Crippen molar-refractivity contribution in [2.75, 3.05) is 5.32 Å². The Bertz CT molecular complexity index is 942. The Kier molecular flexibility index (Phi) is 5.61. The maximum absolute atomic E-state index is 11.7. The van der Waals surface area contributed by atoms with E-state index in [1.807, 2.05) is 43.3 Å². The molecule has 27 heavy (non-hydrogen) atoms. The molecular weight excluding hydrogens is 344 g/mol. The van der Waals surface area contributed by atoms with Crippen molar-refractivity contribution in [2.24, 2.45) is 0 Å². The van der Waals surface area contributed by atoms with Crippen molar-refractivity contribution in [3.05, 3.63) is 76.1 Å². The summed E-state index contributed by atoms with van der Waals surface area (Å²) < 4.78 is 5.67. The molecule has 0 radical (unpaired) electrons. The number of anilines is 2. The molecule has 0 spiro atoms. The Morgan fingerprint density at radius 1 is 1.04 bits per heavy atom. The summed E-state index contributed by atoms with van der Waals surface area (Å²) in [5.41, 5.74) is 2.64. The topological polar surface area (TPSA) is 90.2 Å². The van der Waals surface area contributed by atoms with Crippen LogP contribution in [0.3, 0.4) is 0 Å². The number of rotatable bonds is 7. The van der Waals surface area contributed by atoms with Crippen LogP contribution in [0, 0.1) is 10.1 Å². The van der Waals surface area contributed by atoms with Crippen molar-refractivity contribution in [1.82, 2.24) is 9.97 Å². The highest BCUT2D eigenvalue weighted by atomic mass is 16.6. The summed E-state index contributed by atoms with van der Waals surface area (Å²) in [4.78, 5) is 19.2. The quantitative estimate of drug-likeness (QED) is 0.466. The summed E-state index contributed by atoms with van der Waals surface area (Å²) in [7, 11) is 0. The minimum Gasteiger partial charge on any atom is -0.434 e. The second-order valence-corrected chi connectivity index (χ2v) is 5.87. The van der Waals surface area contributed by atoms with Gasteiger partial charge in [0, 0.05) is 5.69 Å². The number of aryl methyl sites for hydroxylation is 2. The molecule has 0 saturated carbocycles. The van der Waals surface area contributed by atoms with E-state index in [1.54, 1.807) is 12.1 Å². The van der Waals surface area contributed by atoms with E-state index in [0.717, 1.165) is 29.7 Å². The smallest absolute Gasteiger partial charge is 0.373 e. The predicted molar refractivity (Wildman–Crippen MR) is 104 cm³/mol. The third-order valence-electron chi connectivity index (χ3n) is 4.17. The molecule has 2 aromatic carbocycles. The molecule has 7 nitrogen and oxygen atoms in total. The molecule has 0 amide bonds. The van der Waals surface area contributed by atoms with Crippen molar-refractivity contribution in [2.45, 2.75) is 26.7 Å². The van der Waals surface area contributed by atoms with Gasteiger partial charge in [0.2, 0.25) is 5.82 Å². The zero-order chi connectivity index (χ0) is 19.2. The summed E-state index contributed by atoms with van der Waals surface area (Å²) in [5, 5.41) is 14.7. The number of hydrogen-bond donors (Lipinski definition) is 1. The lowest BCUT2D eigenvalue weighted by Crippen LogP contribution is -2.04. The third kappa shape index (κ3) is 4.20. The first-order chi connectivity index (χ1) is 13.1. The van der Waals surface area contributed by atoms with Crippen LogP contribution >= 0.6 is 0 Å². The lowest BCUT2D eigenvalue weighted by Gasteiger charge is -2.12. The van der Waals surface area contributed by atoms with E-state index in [4.69, 9.17) is 4.74 Å². The first-order valence-electron chi connectivity index (χ1n) is 8.73. The van der Waals surface area contributed by atoms with Gasteiger partial charge in [-0.15, -0.1) is 0 Å². The van der Waals surface area contributed by atoms with E-state index >= 15 is 0 Å². The van der Waals surface area contributed by atoms with Crippen molar-refractivity contribution < 1.29 is 9.66 Å². The van der Waals surface area contributed by atoms with Gasteiger partial charge < -0.3 is 10.1 Å². The largest absolute Gasteiger partial charge is 0.434 e. The van der Waals surface area contributed by atoms with Crippen molar-refractivity contribution in [1.29, 1.82) is 0 Å². The van der Waals surface area contributed by atoms with Gasteiger partial charge in [0.25, 0.3) is 0 Å². The van der Waals surface area contributed by atoms with E-state index in [-0.39, 0.29) is 17.4 Å². The van der Waals surface area contributed by atoms with Gasteiger partial charge in [-0.3, -0.25) is 10.1 Å². The van der Waals surface area contributed by atoms with Gasteiger partial charge in [-0.2, -0.15) is 4.98 Å². The molecule has 3 aromatic rings. The Morgan fingerprint density at radius 3 is 2.44 bits per heavy atom. The summed E-state index contributed by atoms with van der Waals surface area (Å²) in [6.07, 6.45) is 2.94. The monoisotopic (exact) mass is 364 g/mol. The number of ether oxygens (including phenoxy) is 1. The van der Waals surface area contributed by atoms with Crippen molar-refractivity contribution >= 4 is 17.2 Å². The Hall–Kier alpha value is -3.48. The van der Waals surface area contributed by atoms with Crippen LogP contribution in [0.25, 0.3) is 0 Å². The summed E-state index contributed by atoms with van der Waals surface area (Å²) >= 11 is 0. The molecule has 0 fully saturated rings. The number of para-hydroxylation sites is 1. The van der Waals surface area contributed by atoms with Gasteiger partial charge in [0.05, 0.1) is 4.92 Å². The molecule has 0 aliphatic carbocycles. The standard InChI is InChI=1S/C20H20N4O3/c1-3-14-9-11-16(12-10-14)27-20-18(24(25)26)19(21-13-22-20)23-17-8-6-5-7-15(17)4-2/h5-13H,3-4H2,1-2H3,(H,21,22,23). The number of benzene rings is 2. The Morgan fingerprint density at radius 2 is 1.78 bits per heavy atom. The van der Waals surface area contributed by atoms with E-state index in [9.17, 15) is 10.1 Å². The van der Waals surface area contributed by atoms with Crippen LogP contribution in [0.2, 0.25) is 0 Å². The Labute approximate surface area is 157 Å². The van der Waals surface area contributed by atoms with Gasteiger partial charge in [-0.05, 0) is 42.2 Å². The number of nitrogens with one attached hydrogen (secondary N) is 1. The fraction of sp³-hybridized carbons (Fsp3) is 0.200. The molecule has 1 N–H and O–H groups in total. The number of aromatic nitrogens is 2. The molecular formula is C20H20N4O3. The highest BCUT2D eigenvalue weighted by Crippen LogP contribution is 2.36. The summed E-state index contributed by atoms with van der Waals surface area (Å²) in [6.45, 7) is 4.07. The average molecular weight is 364 g/mol. The number of nitrogens with zero attached hydrogens (tertiary/aromatic N) is 3. The molecule has 138 valence electrons. The number of nitro groups is 1. The maximum Gasteiger partial charge on any atom is 0.373 e. The SMILES string of the molecule is CCc1ccc(Oc2ncnc(Nc3ccccc3CC)c2[N+](=O)[O-])cc1. The molecule has 7 heteroatoms. The van der Waals surface area contributed by atoms with Crippen LogP contribution in [0.5, 0.6) is 11.6 Å². The Balaban J connectivity index is 1.95. The molecule has 0 atom stereocenters. The first-order valence-corrected chi connectivity index (χ1v) is 8.73. The second-order valence-electron chi connectivity index (χ2n) is 5.87. The lowest BCUT2D eigenvalue weighted by atomic mass is 10.1. The van der Waals surface area contributed by atoms with Crippen LogP contribution < -0.4 is 10.1 Å². The molecule has 0 unspecified atom stereocenters. The molecule has 0 aliphatic rings. The van der Waals surface area contributed by atoms with Crippen LogP contribution in [0.15, 0.2) is 54.9 Å². The van der Waals surface area contributed by atoms with Gasteiger partial charge in [-0.1, -0.05) is 44.2 Å². The third-order valence-corrected chi connectivity index (χ3v) is 4.17. The number of hydrogen-bond acceptors (Lipinski definition) is 6. The summed E-state index contributed by atoms with van der Waals surface area (Å²) in [5.74, 6) is 0.473. The van der Waals surface area contributed by atoms with Crippen LogP contribution in [0.1, 0.15) is 25.0 Å². The van der Waals surface area contributed by atoms with E-state index < -0.39 is 4.92 Å². The molecule has 3 rings (SSSR count). The normalized spacial score (nSPS) is 10.4. The van der Waals surface area contributed by atoms with Crippen LogP contribution in [-0.2, 0) is 12.8 Å². The maximum atomic E-state index is 11.7. The highest BCUT2D eigenvalue weighted by molar-refractivity contribution is 5.70. The van der Waals surface area contributed by atoms with E-state index in [2.05, 4.69) is 22.2 Å². The van der Waals surface area contributed by atoms with Gasteiger partial charge in [-0.25, -0.2) is 4.98 Å². The molecule has 1 aromatic heterocycles. The molecule has 0 bridgehead atoms. The van der Waals surface area contributed by atoms with Crippen molar-refractivity contribution in [3.8, 4) is 11.6 Å². The van der Waals surface area contributed by atoms with Gasteiger partial charge in [0.15, 0.2) is 0 Å². The first kappa shape index (κ1) is 18.3. The lowest BCUT2D eigenvalue weighted by molar-refractivity contribution is -0.385. The molecule has 1 heterocycles. The highest BCUT2D eigenvalue weighted by Gasteiger charge is 2.25. The fourth-order valence-corrected chi connectivity index (χ4v) is 2.68. The van der Waals surface area contributed by atoms with Crippen LogP contribution in [-0.4, -0.2) is 14.9 Å². The molecule has 0 aliphatic heterocycles. The zero-order valence-corrected chi connectivity index (χ0v) is 15.2. The zero-order valence-electron chi connectivity index (χ0n) is 15.2.